The molecule has 1 fully saturated rings. The molecule has 0 saturated carbocycles. The fourth-order valence-corrected chi connectivity index (χ4v) is 3.58. The highest BCUT2D eigenvalue weighted by atomic mass is 16.1. The lowest BCUT2D eigenvalue weighted by Crippen LogP contribution is -2.40. The topological polar surface area (TPSA) is 69.0 Å². The molecule has 5 nitrogen and oxygen atoms in total. The maximum atomic E-state index is 12.4. The Morgan fingerprint density at radius 3 is 2.64 bits per heavy atom. The normalized spacial score (nSPS) is 15.2. The molecule has 2 heterocycles. The first-order chi connectivity index (χ1) is 12.2. The van der Waals surface area contributed by atoms with E-state index >= 15 is 0 Å². The van der Waals surface area contributed by atoms with E-state index in [0.717, 1.165) is 64.0 Å². The zero-order valence-corrected chi connectivity index (χ0v) is 15.5. The van der Waals surface area contributed by atoms with Crippen LogP contribution in [-0.2, 0) is 4.79 Å². The van der Waals surface area contributed by atoms with E-state index in [1.807, 2.05) is 6.07 Å². The van der Waals surface area contributed by atoms with Gasteiger partial charge in [0.25, 0.3) is 0 Å². The van der Waals surface area contributed by atoms with E-state index in [2.05, 4.69) is 35.1 Å². The van der Waals surface area contributed by atoms with Crippen molar-refractivity contribution in [2.45, 2.75) is 52.4 Å². The number of amides is 1. The molecule has 2 rings (SSSR count). The van der Waals surface area contributed by atoms with Crippen molar-refractivity contribution in [2.24, 2.45) is 11.8 Å². The summed E-state index contributed by atoms with van der Waals surface area (Å²) in [6, 6.07) is 5.83. The van der Waals surface area contributed by atoms with E-state index in [1.54, 1.807) is 12.3 Å². The fourth-order valence-electron chi connectivity index (χ4n) is 3.58. The van der Waals surface area contributed by atoms with Gasteiger partial charge in [-0.05, 0) is 43.7 Å². The van der Waals surface area contributed by atoms with Crippen LogP contribution in [0.15, 0.2) is 18.3 Å². The average Bonchev–Trinajstić information content (AvgIpc) is 2.66. The smallest absolute Gasteiger partial charge is 0.223 e. The second-order valence-electron chi connectivity index (χ2n) is 6.94. The van der Waals surface area contributed by atoms with Gasteiger partial charge in [0.05, 0.1) is 5.56 Å². The summed E-state index contributed by atoms with van der Waals surface area (Å²) in [5, 5.41) is 12.4. The Kier molecular flexibility index (Phi) is 7.72. The van der Waals surface area contributed by atoms with E-state index in [1.165, 1.54) is 0 Å². The SMILES string of the molecule is CCCC(CCC)C(=O)NCC1CCN(c2ncccc2C#N)CC1. The van der Waals surface area contributed by atoms with E-state index in [4.69, 9.17) is 0 Å². The number of carbonyl (C=O) groups excluding carboxylic acids is 1. The molecule has 1 aromatic heterocycles. The van der Waals surface area contributed by atoms with Gasteiger partial charge in [-0.3, -0.25) is 4.79 Å². The molecule has 0 bridgehead atoms. The van der Waals surface area contributed by atoms with Crippen LogP contribution in [0.25, 0.3) is 0 Å². The molecule has 0 unspecified atom stereocenters. The third kappa shape index (κ3) is 5.45. The first kappa shape index (κ1) is 19.2. The molecule has 0 radical (unpaired) electrons. The molecule has 0 aromatic carbocycles. The summed E-state index contributed by atoms with van der Waals surface area (Å²) in [6.07, 6.45) is 7.86. The second kappa shape index (κ2) is 10.0. The average molecular weight is 342 g/mol. The van der Waals surface area contributed by atoms with Crippen LogP contribution in [-0.4, -0.2) is 30.5 Å². The number of nitrogens with one attached hydrogen (secondary N) is 1. The van der Waals surface area contributed by atoms with Gasteiger partial charge >= 0.3 is 0 Å². The predicted octanol–water partition coefficient (Wildman–Crippen LogP) is 3.50. The number of pyridine rings is 1. The Hall–Kier alpha value is -2.09. The van der Waals surface area contributed by atoms with Gasteiger partial charge in [0.1, 0.15) is 11.9 Å². The minimum atomic E-state index is 0.168. The van der Waals surface area contributed by atoms with Crippen LogP contribution in [0, 0.1) is 23.2 Å². The van der Waals surface area contributed by atoms with Crippen LogP contribution in [0.3, 0.4) is 0 Å². The Bertz CT molecular complexity index is 582. The summed E-state index contributed by atoms with van der Waals surface area (Å²) in [4.78, 5) is 18.9. The van der Waals surface area contributed by atoms with E-state index < -0.39 is 0 Å². The van der Waals surface area contributed by atoms with Crippen molar-refractivity contribution in [1.29, 1.82) is 5.26 Å². The molecule has 1 aliphatic heterocycles. The monoisotopic (exact) mass is 342 g/mol. The van der Waals surface area contributed by atoms with Gasteiger partial charge in [-0.2, -0.15) is 5.26 Å². The first-order valence-corrected chi connectivity index (χ1v) is 9.57. The Morgan fingerprint density at radius 2 is 2.04 bits per heavy atom. The molecule has 5 heteroatoms. The quantitative estimate of drug-likeness (QED) is 0.785. The molecule has 0 aliphatic carbocycles. The number of anilines is 1. The third-order valence-corrected chi connectivity index (χ3v) is 5.03. The second-order valence-corrected chi connectivity index (χ2v) is 6.94. The van der Waals surface area contributed by atoms with Crippen molar-refractivity contribution in [3.63, 3.8) is 0 Å². The van der Waals surface area contributed by atoms with Crippen LogP contribution in [0.5, 0.6) is 0 Å². The zero-order valence-electron chi connectivity index (χ0n) is 15.5. The number of carbonyl (C=O) groups is 1. The Balaban J connectivity index is 1.80. The molecule has 1 N–H and O–H groups in total. The number of hydrogen-bond donors (Lipinski definition) is 1. The molecule has 136 valence electrons. The number of nitrogens with zero attached hydrogens (tertiary/aromatic N) is 3. The summed E-state index contributed by atoms with van der Waals surface area (Å²) in [5.74, 6) is 1.70. The van der Waals surface area contributed by atoms with E-state index in [0.29, 0.717) is 11.5 Å². The molecule has 1 saturated heterocycles. The largest absolute Gasteiger partial charge is 0.356 e. The molecule has 25 heavy (non-hydrogen) atoms. The standard InChI is InChI=1S/C20H30N4O/c1-3-6-17(7-4-2)20(25)23-15-16-9-12-24(13-10-16)19-18(14-21)8-5-11-22-19/h5,8,11,16-17H,3-4,6-7,9-10,12-13,15H2,1-2H3,(H,23,25). The molecular weight excluding hydrogens is 312 g/mol. The summed E-state index contributed by atoms with van der Waals surface area (Å²) in [5.41, 5.74) is 0.635. The van der Waals surface area contributed by atoms with Crippen LogP contribution in [0.4, 0.5) is 5.82 Å². The van der Waals surface area contributed by atoms with Crippen molar-refractivity contribution in [1.82, 2.24) is 10.3 Å². The third-order valence-electron chi connectivity index (χ3n) is 5.03. The van der Waals surface area contributed by atoms with E-state index in [9.17, 15) is 10.1 Å². The molecule has 1 amide bonds. The molecule has 1 aromatic rings. The van der Waals surface area contributed by atoms with Crippen LogP contribution in [0.2, 0.25) is 0 Å². The number of nitriles is 1. The van der Waals surface area contributed by atoms with Crippen molar-refractivity contribution in [3.8, 4) is 6.07 Å². The fraction of sp³-hybridized carbons (Fsp3) is 0.650. The van der Waals surface area contributed by atoms with Crippen molar-refractivity contribution in [2.75, 3.05) is 24.5 Å². The number of rotatable bonds is 8. The highest BCUT2D eigenvalue weighted by Crippen LogP contribution is 2.24. The number of aromatic nitrogens is 1. The van der Waals surface area contributed by atoms with Gasteiger partial charge in [-0.25, -0.2) is 4.98 Å². The van der Waals surface area contributed by atoms with Crippen molar-refractivity contribution >= 4 is 11.7 Å². The maximum Gasteiger partial charge on any atom is 0.223 e. The molecular formula is C20H30N4O. The Morgan fingerprint density at radius 1 is 1.36 bits per heavy atom. The van der Waals surface area contributed by atoms with Crippen LogP contribution >= 0.6 is 0 Å². The zero-order chi connectivity index (χ0) is 18.1. The van der Waals surface area contributed by atoms with Crippen LogP contribution in [0.1, 0.15) is 57.9 Å². The van der Waals surface area contributed by atoms with Crippen molar-refractivity contribution < 1.29 is 4.79 Å². The summed E-state index contributed by atoms with van der Waals surface area (Å²) < 4.78 is 0. The highest BCUT2D eigenvalue weighted by Gasteiger charge is 2.23. The number of piperidine rings is 1. The lowest BCUT2D eigenvalue weighted by molar-refractivity contribution is -0.125. The minimum Gasteiger partial charge on any atom is -0.356 e. The van der Waals surface area contributed by atoms with Gasteiger partial charge in [0.2, 0.25) is 5.91 Å². The van der Waals surface area contributed by atoms with Gasteiger partial charge in [0, 0.05) is 31.7 Å². The molecule has 0 atom stereocenters. The highest BCUT2D eigenvalue weighted by molar-refractivity contribution is 5.78. The van der Waals surface area contributed by atoms with Gasteiger partial charge in [-0.15, -0.1) is 0 Å². The summed E-state index contributed by atoms with van der Waals surface area (Å²) in [6.45, 7) is 6.82. The van der Waals surface area contributed by atoms with Crippen molar-refractivity contribution in [3.05, 3.63) is 23.9 Å². The van der Waals surface area contributed by atoms with E-state index in [-0.39, 0.29) is 11.8 Å². The predicted molar refractivity (Wildman–Crippen MR) is 100 cm³/mol. The molecule has 0 spiro atoms. The lowest BCUT2D eigenvalue weighted by atomic mass is 9.94. The minimum absolute atomic E-state index is 0.168. The van der Waals surface area contributed by atoms with Gasteiger partial charge < -0.3 is 10.2 Å². The van der Waals surface area contributed by atoms with Crippen LogP contribution < -0.4 is 10.2 Å². The first-order valence-electron chi connectivity index (χ1n) is 9.57. The Labute approximate surface area is 151 Å². The van der Waals surface area contributed by atoms with Gasteiger partial charge in [-0.1, -0.05) is 26.7 Å². The lowest BCUT2D eigenvalue weighted by Gasteiger charge is -2.33. The molecule has 1 aliphatic rings. The summed E-state index contributed by atoms with van der Waals surface area (Å²) >= 11 is 0. The van der Waals surface area contributed by atoms with Gasteiger partial charge in [0.15, 0.2) is 0 Å². The summed E-state index contributed by atoms with van der Waals surface area (Å²) in [7, 11) is 0. The number of hydrogen-bond acceptors (Lipinski definition) is 4. The maximum absolute atomic E-state index is 12.4.